The third-order valence-electron chi connectivity index (χ3n) is 2.39. The molecule has 88 valence electrons. The lowest BCUT2D eigenvalue weighted by Crippen LogP contribution is -2.02. The number of carbonyl (C=O) groups excluding carboxylic acids is 1. The van der Waals surface area contributed by atoms with E-state index in [-0.39, 0.29) is 5.78 Å². The molecule has 1 aromatic rings. The first-order chi connectivity index (χ1) is 7.72. The minimum atomic E-state index is 0.153. The Morgan fingerprint density at radius 1 is 1.38 bits per heavy atom. The lowest BCUT2D eigenvalue weighted by molar-refractivity contribution is 0.0989. The smallest absolute Gasteiger partial charge is 0.163 e. The SMILES string of the molecule is CCOc1cc(C(=O)CCBr)ccc1CC. The molecule has 1 rings (SSSR count). The van der Waals surface area contributed by atoms with Crippen molar-refractivity contribution in [1.29, 1.82) is 0 Å². The zero-order valence-electron chi connectivity index (χ0n) is 9.75. The summed E-state index contributed by atoms with van der Waals surface area (Å²) < 4.78 is 5.53. The molecule has 0 bridgehead atoms. The normalized spacial score (nSPS) is 10.2. The molecule has 1 aromatic carbocycles. The number of ether oxygens (including phenoxy) is 1. The van der Waals surface area contributed by atoms with E-state index in [1.54, 1.807) is 0 Å². The molecule has 2 nitrogen and oxygen atoms in total. The van der Waals surface area contributed by atoms with Crippen LogP contribution in [-0.2, 0) is 6.42 Å². The molecule has 0 aromatic heterocycles. The van der Waals surface area contributed by atoms with Crippen LogP contribution < -0.4 is 4.74 Å². The van der Waals surface area contributed by atoms with Crippen LogP contribution in [0.25, 0.3) is 0 Å². The van der Waals surface area contributed by atoms with Crippen molar-refractivity contribution in [3.63, 3.8) is 0 Å². The maximum atomic E-state index is 11.7. The first-order valence-electron chi connectivity index (χ1n) is 5.57. The maximum absolute atomic E-state index is 11.7. The maximum Gasteiger partial charge on any atom is 0.163 e. The van der Waals surface area contributed by atoms with E-state index in [0.29, 0.717) is 18.4 Å². The van der Waals surface area contributed by atoms with Gasteiger partial charge in [-0.25, -0.2) is 0 Å². The third kappa shape index (κ3) is 3.34. The molecule has 3 heteroatoms. The van der Waals surface area contributed by atoms with Crippen molar-refractivity contribution in [2.75, 3.05) is 11.9 Å². The highest BCUT2D eigenvalue weighted by molar-refractivity contribution is 9.09. The van der Waals surface area contributed by atoms with Crippen LogP contribution in [0.2, 0.25) is 0 Å². The van der Waals surface area contributed by atoms with Crippen molar-refractivity contribution in [2.24, 2.45) is 0 Å². The fourth-order valence-electron chi connectivity index (χ4n) is 1.54. The predicted molar refractivity (Wildman–Crippen MR) is 69.7 cm³/mol. The molecular formula is C13H17BrO2. The summed E-state index contributed by atoms with van der Waals surface area (Å²) in [6.45, 7) is 4.66. The van der Waals surface area contributed by atoms with Crippen LogP contribution in [0.3, 0.4) is 0 Å². The van der Waals surface area contributed by atoms with Crippen molar-refractivity contribution >= 4 is 21.7 Å². The largest absolute Gasteiger partial charge is 0.494 e. The summed E-state index contributed by atoms with van der Waals surface area (Å²) >= 11 is 3.27. The van der Waals surface area contributed by atoms with Crippen LogP contribution >= 0.6 is 15.9 Å². The number of benzene rings is 1. The molecule has 0 aliphatic heterocycles. The number of Topliss-reactive ketones (excluding diaryl/α,β-unsaturated/α-hetero) is 1. The lowest BCUT2D eigenvalue weighted by Gasteiger charge is -2.10. The first kappa shape index (κ1) is 13.2. The molecule has 0 aliphatic rings. The molecule has 0 saturated heterocycles. The molecule has 0 unspecified atom stereocenters. The van der Waals surface area contributed by atoms with Crippen LogP contribution in [0, 0.1) is 0 Å². The molecule has 0 aliphatic carbocycles. The van der Waals surface area contributed by atoms with Gasteiger partial charge in [0.25, 0.3) is 0 Å². The summed E-state index contributed by atoms with van der Waals surface area (Å²) in [5.41, 5.74) is 1.89. The van der Waals surface area contributed by atoms with E-state index in [1.807, 2.05) is 25.1 Å². The van der Waals surface area contributed by atoms with E-state index in [0.717, 1.165) is 23.3 Å². The standard InChI is InChI=1S/C13H17BrO2/c1-3-10-5-6-11(12(15)7-8-14)9-13(10)16-4-2/h5-6,9H,3-4,7-8H2,1-2H3. The molecular weight excluding hydrogens is 268 g/mol. The molecule has 0 amide bonds. The summed E-state index contributed by atoms with van der Waals surface area (Å²) in [5, 5.41) is 0.700. The van der Waals surface area contributed by atoms with Gasteiger partial charge in [-0.2, -0.15) is 0 Å². The molecule has 0 atom stereocenters. The Hall–Kier alpha value is -0.830. The minimum Gasteiger partial charge on any atom is -0.494 e. The number of halogens is 1. The molecule has 0 spiro atoms. The zero-order chi connectivity index (χ0) is 12.0. The molecule has 0 N–H and O–H groups in total. The Morgan fingerprint density at radius 3 is 2.69 bits per heavy atom. The summed E-state index contributed by atoms with van der Waals surface area (Å²) in [6.07, 6.45) is 1.44. The van der Waals surface area contributed by atoms with E-state index in [2.05, 4.69) is 22.9 Å². The topological polar surface area (TPSA) is 26.3 Å². The van der Waals surface area contributed by atoms with Gasteiger partial charge in [0.1, 0.15) is 5.75 Å². The van der Waals surface area contributed by atoms with Crippen molar-refractivity contribution in [2.45, 2.75) is 26.7 Å². The van der Waals surface area contributed by atoms with E-state index < -0.39 is 0 Å². The van der Waals surface area contributed by atoms with Gasteiger partial charge in [0.05, 0.1) is 6.61 Å². The van der Waals surface area contributed by atoms with Crippen LogP contribution in [0.1, 0.15) is 36.2 Å². The van der Waals surface area contributed by atoms with Crippen LogP contribution in [-0.4, -0.2) is 17.7 Å². The van der Waals surface area contributed by atoms with E-state index in [4.69, 9.17) is 4.74 Å². The molecule has 16 heavy (non-hydrogen) atoms. The Kier molecular flexibility index (Phi) is 5.53. The monoisotopic (exact) mass is 284 g/mol. The fourth-order valence-corrected chi connectivity index (χ4v) is 1.90. The number of alkyl halides is 1. The summed E-state index contributed by atoms with van der Waals surface area (Å²) in [6, 6.07) is 5.71. The second-order valence-corrected chi connectivity index (χ2v) is 4.26. The van der Waals surface area contributed by atoms with Gasteiger partial charge in [-0.3, -0.25) is 4.79 Å². The Bertz CT molecular complexity index is 361. The van der Waals surface area contributed by atoms with Gasteiger partial charge in [0.2, 0.25) is 0 Å². The Morgan fingerprint density at radius 2 is 2.12 bits per heavy atom. The van der Waals surface area contributed by atoms with Gasteiger partial charge in [-0.05, 0) is 25.0 Å². The zero-order valence-corrected chi connectivity index (χ0v) is 11.3. The van der Waals surface area contributed by atoms with Crippen molar-refractivity contribution in [1.82, 2.24) is 0 Å². The molecule has 0 fully saturated rings. The van der Waals surface area contributed by atoms with Crippen molar-refractivity contribution in [3.8, 4) is 5.75 Å². The molecule has 0 heterocycles. The number of hydrogen-bond donors (Lipinski definition) is 0. The fraction of sp³-hybridized carbons (Fsp3) is 0.462. The summed E-state index contributed by atoms with van der Waals surface area (Å²) in [4.78, 5) is 11.7. The quantitative estimate of drug-likeness (QED) is 0.589. The van der Waals surface area contributed by atoms with Gasteiger partial charge < -0.3 is 4.74 Å². The number of ketones is 1. The van der Waals surface area contributed by atoms with Crippen LogP contribution in [0.5, 0.6) is 5.75 Å². The van der Waals surface area contributed by atoms with Gasteiger partial charge in [0, 0.05) is 17.3 Å². The van der Waals surface area contributed by atoms with Crippen LogP contribution in [0.15, 0.2) is 18.2 Å². The van der Waals surface area contributed by atoms with Gasteiger partial charge in [-0.1, -0.05) is 35.0 Å². The Labute approximate surface area is 105 Å². The second-order valence-electron chi connectivity index (χ2n) is 3.47. The van der Waals surface area contributed by atoms with Gasteiger partial charge in [0.15, 0.2) is 5.78 Å². The van der Waals surface area contributed by atoms with Crippen molar-refractivity contribution in [3.05, 3.63) is 29.3 Å². The summed E-state index contributed by atoms with van der Waals surface area (Å²) in [7, 11) is 0. The molecule has 0 saturated carbocycles. The average molecular weight is 285 g/mol. The van der Waals surface area contributed by atoms with E-state index in [1.165, 1.54) is 0 Å². The minimum absolute atomic E-state index is 0.153. The highest BCUT2D eigenvalue weighted by atomic mass is 79.9. The number of hydrogen-bond acceptors (Lipinski definition) is 2. The summed E-state index contributed by atoms with van der Waals surface area (Å²) in [5.74, 6) is 0.992. The third-order valence-corrected chi connectivity index (χ3v) is 2.79. The van der Waals surface area contributed by atoms with Gasteiger partial charge in [-0.15, -0.1) is 0 Å². The highest BCUT2D eigenvalue weighted by Gasteiger charge is 2.09. The van der Waals surface area contributed by atoms with E-state index >= 15 is 0 Å². The van der Waals surface area contributed by atoms with Crippen LogP contribution in [0.4, 0.5) is 0 Å². The first-order valence-corrected chi connectivity index (χ1v) is 6.70. The number of aryl methyl sites for hydroxylation is 1. The van der Waals surface area contributed by atoms with E-state index in [9.17, 15) is 4.79 Å². The number of carbonyl (C=O) groups is 1. The second kappa shape index (κ2) is 6.69. The lowest BCUT2D eigenvalue weighted by atomic mass is 10.0. The molecule has 0 radical (unpaired) electrons. The Balaban J connectivity index is 2.96. The average Bonchev–Trinajstić information content (AvgIpc) is 2.29. The predicted octanol–water partition coefficient (Wildman–Crippen LogP) is 3.62. The highest BCUT2D eigenvalue weighted by Crippen LogP contribution is 2.22. The number of rotatable bonds is 6. The van der Waals surface area contributed by atoms with Crippen molar-refractivity contribution < 1.29 is 9.53 Å². The van der Waals surface area contributed by atoms with Gasteiger partial charge >= 0.3 is 0 Å².